The molecule has 0 saturated carbocycles. The van der Waals surface area contributed by atoms with Crippen LogP contribution in [0.2, 0.25) is 5.02 Å². The van der Waals surface area contributed by atoms with Crippen LogP contribution in [0.3, 0.4) is 0 Å². The van der Waals surface area contributed by atoms with Gasteiger partial charge >= 0.3 is 0 Å². The Morgan fingerprint density at radius 1 is 1.00 bits per heavy atom. The Hall–Kier alpha value is -3.34. The van der Waals surface area contributed by atoms with Crippen LogP contribution in [0.4, 0.5) is 11.4 Å². The first-order valence-electron chi connectivity index (χ1n) is 8.93. The maximum Gasteiger partial charge on any atom is 0.264 e. The van der Waals surface area contributed by atoms with E-state index in [9.17, 15) is 13.2 Å². The van der Waals surface area contributed by atoms with E-state index in [1.807, 2.05) is 0 Å². The number of amides is 1. The number of hydrogen-bond acceptors (Lipinski definition) is 4. The van der Waals surface area contributed by atoms with Crippen molar-refractivity contribution in [3.05, 3.63) is 88.9 Å². The third-order valence-corrected chi connectivity index (χ3v) is 6.51. The zero-order valence-electron chi connectivity index (χ0n) is 16.0. The molecule has 0 saturated heterocycles. The topological polar surface area (TPSA) is 90.3 Å². The summed E-state index contributed by atoms with van der Waals surface area (Å²) in [4.78, 5) is 12.6. The molecule has 152 valence electrons. The van der Waals surface area contributed by atoms with Crippen molar-refractivity contribution in [2.75, 3.05) is 16.7 Å². The van der Waals surface area contributed by atoms with Gasteiger partial charge in [-0.3, -0.25) is 9.10 Å². The SMILES string of the molecule is CN(c1ccc(C(=O)Nc2ccc(CC#N)cc2)cc1)S(=O)(=O)c1ccc(Cl)cc1. The number of anilines is 2. The minimum absolute atomic E-state index is 0.121. The van der Waals surface area contributed by atoms with Crippen molar-refractivity contribution in [3.8, 4) is 6.07 Å². The van der Waals surface area contributed by atoms with Gasteiger partial charge in [0.2, 0.25) is 0 Å². The molecule has 3 aromatic rings. The van der Waals surface area contributed by atoms with E-state index in [0.29, 0.717) is 28.4 Å². The highest BCUT2D eigenvalue weighted by atomic mass is 35.5. The maximum atomic E-state index is 12.8. The molecule has 0 spiro atoms. The summed E-state index contributed by atoms with van der Waals surface area (Å²) in [5, 5.41) is 11.9. The number of benzene rings is 3. The lowest BCUT2D eigenvalue weighted by molar-refractivity contribution is 0.102. The summed E-state index contributed by atoms with van der Waals surface area (Å²) in [6.07, 6.45) is 0.308. The van der Waals surface area contributed by atoms with Crippen molar-refractivity contribution in [3.63, 3.8) is 0 Å². The molecule has 0 atom stereocenters. The minimum atomic E-state index is -3.75. The predicted octanol–water partition coefficient (Wildman–Crippen LogP) is 4.48. The second kappa shape index (κ2) is 8.99. The maximum absolute atomic E-state index is 12.8. The van der Waals surface area contributed by atoms with E-state index < -0.39 is 10.0 Å². The Bertz CT molecular complexity index is 1180. The van der Waals surface area contributed by atoms with Crippen LogP contribution in [0.1, 0.15) is 15.9 Å². The largest absolute Gasteiger partial charge is 0.322 e. The average molecular weight is 440 g/mol. The van der Waals surface area contributed by atoms with Crippen molar-refractivity contribution in [2.24, 2.45) is 0 Å². The number of nitriles is 1. The van der Waals surface area contributed by atoms with Crippen LogP contribution in [-0.4, -0.2) is 21.4 Å². The number of halogens is 1. The molecule has 30 heavy (non-hydrogen) atoms. The van der Waals surface area contributed by atoms with Gasteiger partial charge in [0.05, 0.1) is 23.1 Å². The third kappa shape index (κ3) is 4.79. The van der Waals surface area contributed by atoms with E-state index in [-0.39, 0.29) is 10.8 Å². The van der Waals surface area contributed by atoms with E-state index in [2.05, 4.69) is 11.4 Å². The summed E-state index contributed by atoms with van der Waals surface area (Å²) in [6, 6.07) is 21.2. The summed E-state index contributed by atoms with van der Waals surface area (Å²) < 4.78 is 26.7. The molecule has 3 rings (SSSR count). The number of sulfonamides is 1. The molecule has 0 radical (unpaired) electrons. The minimum Gasteiger partial charge on any atom is -0.322 e. The van der Waals surface area contributed by atoms with Gasteiger partial charge in [-0.25, -0.2) is 8.42 Å². The number of carbonyl (C=O) groups is 1. The van der Waals surface area contributed by atoms with Gasteiger partial charge in [-0.1, -0.05) is 23.7 Å². The Morgan fingerprint density at radius 2 is 1.60 bits per heavy atom. The molecule has 0 aliphatic carbocycles. The number of rotatable bonds is 6. The Kier molecular flexibility index (Phi) is 6.40. The van der Waals surface area contributed by atoms with Crippen LogP contribution >= 0.6 is 11.6 Å². The molecule has 0 heterocycles. The van der Waals surface area contributed by atoms with Gasteiger partial charge in [-0.2, -0.15) is 5.26 Å². The molecular weight excluding hydrogens is 422 g/mol. The van der Waals surface area contributed by atoms with E-state index in [1.165, 1.54) is 31.3 Å². The number of nitrogens with one attached hydrogen (secondary N) is 1. The number of carbonyl (C=O) groups excluding carboxylic acids is 1. The molecule has 0 aliphatic rings. The molecule has 3 aromatic carbocycles. The summed E-state index contributed by atoms with van der Waals surface area (Å²) in [6.45, 7) is 0. The molecule has 0 aromatic heterocycles. The smallest absolute Gasteiger partial charge is 0.264 e. The molecule has 0 aliphatic heterocycles. The van der Waals surface area contributed by atoms with Crippen LogP contribution in [0.5, 0.6) is 0 Å². The predicted molar refractivity (Wildman–Crippen MR) is 117 cm³/mol. The summed E-state index contributed by atoms with van der Waals surface area (Å²) in [5.74, 6) is -0.321. The van der Waals surface area contributed by atoms with E-state index in [4.69, 9.17) is 16.9 Å². The monoisotopic (exact) mass is 439 g/mol. The van der Waals surface area contributed by atoms with Crippen molar-refractivity contribution >= 4 is 38.9 Å². The van der Waals surface area contributed by atoms with Crippen molar-refractivity contribution in [2.45, 2.75) is 11.3 Å². The van der Waals surface area contributed by atoms with E-state index >= 15 is 0 Å². The quantitative estimate of drug-likeness (QED) is 0.612. The molecule has 1 N–H and O–H groups in total. The van der Waals surface area contributed by atoms with E-state index in [0.717, 1.165) is 9.87 Å². The highest BCUT2D eigenvalue weighted by Gasteiger charge is 2.21. The normalized spacial score (nSPS) is 10.8. The van der Waals surface area contributed by atoms with Crippen molar-refractivity contribution in [1.82, 2.24) is 0 Å². The molecular formula is C22H18ClN3O3S. The second-order valence-corrected chi connectivity index (χ2v) is 8.86. The Labute approximate surface area is 180 Å². The Morgan fingerprint density at radius 3 is 2.17 bits per heavy atom. The number of nitrogens with zero attached hydrogens (tertiary/aromatic N) is 2. The van der Waals surface area contributed by atoms with Crippen molar-refractivity contribution in [1.29, 1.82) is 5.26 Å². The van der Waals surface area contributed by atoms with Crippen LogP contribution in [0.25, 0.3) is 0 Å². The standard InChI is InChI=1S/C22H18ClN3O3S/c1-26(30(28,29)21-12-6-18(23)7-13-21)20-10-4-17(5-11-20)22(27)25-19-8-2-16(3-9-19)14-15-24/h2-13H,14H2,1H3,(H,25,27). The fraction of sp³-hybridized carbons (Fsp3) is 0.0909. The lowest BCUT2D eigenvalue weighted by Crippen LogP contribution is -2.26. The van der Waals surface area contributed by atoms with Gasteiger partial charge in [0.1, 0.15) is 0 Å². The fourth-order valence-electron chi connectivity index (χ4n) is 2.73. The zero-order chi connectivity index (χ0) is 21.7. The van der Waals surface area contributed by atoms with E-state index in [1.54, 1.807) is 48.5 Å². The molecule has 0 unspecified atom stereocenters. The summed E-state index contributed by atoms with van der Waals surface area (Å²) in [5.41, 5.74) is 2.28. The molecule has 8 heteroatoms. The van der Waals surface area contributed by atoms with Gasteiger partial charge in [0.25, 0.3) is 15.9 Å². The second-order valence-electron chi connectivity index (χ2n) is 6.46. The van der Waals surface area contributed by atoms with Gasteiger partial charge in [-0.15, -0.1) is 0 Å². The van der Waals surface area contributed by atoms with Crippen LogP contribution in [0, 0.1) is 11.3 Å². The van der Waals surface area contributed by atoms with Crippen LogP contribution < -0.4 is 9.62 Å². The Balaban J connectivity index is 1.72. The first-order valence-corrected chi connectivity index (χ1v) is 10.7. The van der Waals surface area contributed by atoms with Crippen LogP contribution in [0.15, 0.2) is 77.7 Å². The van der Waals surface area contributed by atoms with Gasteiger partial charge < -0.3 is 5.32 Å². The summed E-state index contributed by atoms with van der Waals surface area (Å²) in [7, 11) is -2.30. The highest BCUT2D eigenvalue weighted by molar-refractivity contribution is 7.92. The molecule has 6 nitrogen and oxygen atoms in total. The van der Waals surface area contributed by atoms with Gasteiger partial charge in [0, 0.05) is 23.3 Å². The van der Waals surface area contributed by atoms with Gasteiger partial charge in [0.15, 0.2) is 0 Å². The average Bonchev–Trinajstić information content (AvgIpc) is 2.75. The molecule has 0 bridgehead atoms. The van der Waals surface area contributed by atoms with Gasteiger partial charge in [-0.05, 0) is 66.2 Å². The lowest BCUT2D eigenvalue weighted by atomic mass is 10.1. The fourth-order valence-corrected chi connectivity index (χ4v) is 4.05. The third-order valence-electron chi connectivity index (χ3n) is 4.46. The number of hydrogen-bond donors (Lipinski definition) is 1. The van der Waals surface area contributed by atoms with Crippen molar-refractivity contribution < 1.29 is 13.2 Å². The van der Waals surface area contributed by atoms with Crippen LogP contribution in [-0.2, 0) is 16.4 Å². The highest BCUT2D eigenvalue weighted by Crippen LogP contribution is 2.24. The first-order chi connectivity index (χ1) is 14.3. The zero-order valence-corrected chi connectivity index (χ0v) is 17.6. The summed E-state index contributed by atoms with van der Waals surface area (Å²) >= 11 is 5.83. The molecule has 1 amide bonds. The molecule has 0 fully saturated rings. The lowest BCUT2D eigenvalue weighted by Gasteiger charge is -2.19. The first kappa shape index (κ1) is 21.4.